The van der Waals surface area contributed by atoms with Gasteiger partial charge in [0, 0.05) is 30.4 Å². The van der Waals surface area contributed by atoms with Crippen molar-refractivity contribution in [1.29, 1.82) is 0 Å². The molecular weight excluding hydrogens is 200 g/mol. The van der Waals surface area contributed by atoms with E-state index in [1.165, 1.54) is 6.42 Å². The summed E-state index contributed by atoms with van der Waals surface area (Å²) in [5.41, 5.74) is 2.03. The minimum absolute atomic E-state index is 0.470. The van der Waals surface area contributed by atoms with Crippen LogP contribution in [0, 0.1) is 0 Å². The van der Waals surface area contributed by atoms with Gasteiger partial charge in [-0.25, -0.2) is 9.50 Å². The first kappa shape index (κ1) is 11.1. The molecule has 0 aliphatic rings. The number of rotatable bonds is 5. The fourth-order valence-electron chi connectivity index (χ4n) is 1.74. The quantitative estimate of drug-likeness (QED) is 0.830. The van der Waals surface area contributed by atoms with E-state index in [1.807, 2.05) is 18.3 Å². The van der Waals surface area contributed by atoms with Gasteiger partial charge in [0.25, 0.3) is 0 Å². The molecule has 1 N–H and O–H groups in total. The van der Waals surface area contributed by atoms with Crippen molar-refractivity contribution in [2.24, 2.45) is 0 Å². The molecule has 1 atom stereocenters. The molecule has 0 aliphatic carbocycles. The molecule has 0 saturated carbocycles. The third-order valence-corrected chi connectivity index (χ3v) is 2.57. The fourth-order valence-corrected chi connectivity index (χ4v) is 1.74. The van der Waals surface area contributed by atoms with Crippen LogP contribution in [0.5, 0.6) is 0 Å². The molecule has 86 valence electrons. The lowest BCUT2D eigenvalue weighted by Gasteiger charge is -2.12. The third-order valence-electron chi connectivity index (χ3n) is 2.57. The molecule has 2 aromatic heterocycles. The average molecular weight is 218 g/mol. The van der Waals surface area contributed by atoms with Crippen molar-refractivity contribution in [2.45, 2.75) is 32.7 Å². The van der Waals surface area contributed by atoms with Crippen LogP contribution in [0.4, 0.5) is 0 Å². The van der Waals surface area contributed by atoms with Gasteiger partial charge in [-0.15, -0.1) is 0 Å². The first-order valence-electron chi connectivity index (χ1n) is 5.82. The predicted octanol–water partition coefficient (Wildman–Crippen LogP) is 1.66. The minimum atomic E-state index is 0.470. The van der Waals surface area contributed by atoms with Gasteiger partial charge in [-0.2, -0.15) is 5.10 Å². The zero-order valence-electron chi connectivity index (χ0n) is 9.85. The fraction of sp³-hybridized carbons (Fsp3) is 0.500. The van der Waals surface area contributed by atoms with E-state index in [4.69, 9.17) is 0 Å². The van der Waals surface area contributed by atoms with E-state index in [1.54, 1.807) is 10.7 Å². The summed E-state index contributed by atoms with van der Waals surface area (Å²) < 4.78 is 1.79. The van der Waals surface area contributed by atoms with Gasteiger partial charge in [0.2, 0.25) is 0 Å². The van der Waals surface area contributed by atoms with E-state index in [0.717, 1.165) is 24.3 Å². The van der Waals surface area contributed by atoms with Crippen molar-refractivity contribution in [2.75, 3.05) is 6.54 Å². The SMILES string of the molecule is CCCNC(C)Cc1ccn2nccc2n1. The molecule has 2 aromatic rings. The molecule has 0 saturated heterocycles. The lowest BCUT2D eigenvalue weighted by Crippen LogP contribution is -2.29. The number of nitrogens with one attached hydrogen (secondary N) is 1. The van der Waals surface area contributed by atoms with Crippen LogP contribution in [0.1, 0.15) is 26.0 Å². The summed E-state index contributed by atoms with van der Waals surface area (Å²) >= 11 is 0. The monoisotopic (exact) mass is 218 g/mol. The molecule has 0 fully saturated rings. The minimum Gasteiger partial charge on any atom is -0.314 e. The number of aromatic nitrogens is 3. The Balaban J connectivity index is 2.03. The summed E-state index contributed by atoms with van der Waals surface area (Å²) in [5, 5.41) is 7.59. The van der Waals surface area contributed by atoms with E-state index in [0.29, 0.717) is 6.04 Å². The Bertz CT molecular complexity index is 449. The summed E-state index contributed by atoms with van der Waals surface area (Å²) in [7, 11) is 0. The van der Waals surface area contributed by atoms with Crippen molar-refractivity contribution in [3.05, 3.63) is 30.2 Å². The Hall–Kier alpha value is -1.42. The zero-order valence-corrected chi connectivity index (χ0v) is 9.85. The van der Waals surface area contributed by atoms with Crippen LogP contribution >= 0.6 is 0 Å². The van der Waals surface area contributed by atoms with E-state index < -0.39 is 0 Å². The second kappa shape index (κ2) is 5.07. The molecule has 4 nitrogen and oxygen atoms in total. The van der Waals surface area contributed by atoms with Gasteiger partial charge in [0.15, 0.2) is 5.65 Å². The molecule has 16 heavy (non-hydrogen) atoms. The van der Waals surface area contributed by atoms with Crippen molar-refractivity contribution in [3.8, 4) is 0 Å². The van der Waals surface area contributed by atoms with Crippen molar-refractivity contribution < 1.29 is 0 Å². The number of fused-ring (bicyclic) bond motifs is 1. The molecule has 0 amide bonds. The summed E-state index contributed by atoms with van der Waals surface area (Å²) in [5.74, 6) is 0. The summed E-state index contributed by atoms with van der Waals surface area (Å²) in [6.45, 7) is 5.43. The lowest BCUT2D eigenvalue weighted by molar-refractivity contribution is 0.538. The van der Waals surface area contributed by atoms with E-state index in [9.17, 15) is 0 Å². The number of hydrogen-bond donors (Lipinski definition) is 1. The third kappa shape index (κ3) is 2.58. The van der Waals surface area contributed by atoms with Crippen LogP contribution in [-0.2, 0) is 6.42 Å². The summed E-state index contributed by atoms with van der Waals surface area (Å²) in [6.07, 6.45) is 5.86. The first-order chi connectivity index (χ1) is 7.79. The van der Waals surface area contributed by atoms with Crippen LogP contribution in [-0.4, -0.2) is 27.2 Å². The molecule has 2 heterocycles. The largest absolute Gasteiger partial charge is 0.314 e. The zero-order chi connectivity index (χ0) is 11.4. The molecule has 1 unspecified atom stereocenters. The number of nitrogens with zero attached hydrogens (tertiary/aromatic N) is 3. The Morgan fingerprint density at radius 2 is 2.31 bits per heavy atom. The first-order valence-corrected chi connectivity index (χ1v) is 5.82. The molecular formula is C12H18N4. The smallest absolute Gasteiger partial charge is 0.155 e. The van der Waals surface area contributed by atoms with Crippen molar-refractivity contribution in [1.82, 2.24) is 19.9 Å². The highest BCUT2D eigenvalue weighted by Crippen LogP contribution is 2.03. The molecule has 0 spiro atoms. The normalized spacial score (nSPS) is 13.1. The molecule has 2 rings (SSSR count). The maximum atomic E-state index is 4.54. The Morgan fingerprint density at radius 3 is 3.12 bits per heavy atom. The maximum Gasteiger partial charge on any atom is 0.155 e. The highest BCUT2D eigenvalue weighted by atomic mass is 15.2. The topological polar surface area (TPSA) is 42.2 Å². The molecule has 4 heteroatoms. The number of hydrogen-bond acceptors (Lipinski definition) is 3. The van der Waals surface area contributed by atoms with E-state index in [2.05, 4.69) is 29.2 Å². The summed E-state index contributed by atoms with van der Waals surface area (Å²) in [6, 6.07) is 4.43. The van der Waals surface area contributed by atoms with E-state index in [-0.39, 0.29) is 0 Å². The molecule has 0 bridgehead atoms. The highest BCUT2D eigenvalue weighted by Gasteiger charge is 2.04. The van der Waals surface area contributed by atoms with Crippen LogP contribution in [0.2, 0.25) is 0 Å². The average Bonchev–Trinajstić information content (AvgIpc) is 2.73. The predicted molar refractivity (Wildman–Crippen MR) is 64.4 cm³/mol. The van der Waals surface area contributed by atoms with Gasteiger partial charge in [-0.05, 0) is 26.0 Å². The van der Waals surface area contributed by atoms with Crippen LogP contribution in [0.3, 0.4) is 0 Å². The Labute approximate surface area is 95.7 Å². The van der Waals surface area contributed by atoms with Gasteiger partial charge in [-0.1, -0.05) is 6.92 Å². The van der Waals surface area contributed by atoms with Crippen LogP contribution < -0.4 is 5.32 Å². The van der Waals surface area contributed by atoms with Crippen molar-refractivity contribution in [3.63, 3.8) is 0 Å². The van der Waals surface area contributed by atoms with Gasteiger partial charge >= 0.3 is 0 Å². The molecule has 0 aliphatic heterocycles. The van der Waals surface area contributed by atoms with E-state index >= 15 is 0 Å². The van der Waals surface area contributed by atoms with Gasteiger partial charge in [0.05, 0.1) is 6.20 Å². The van der Waals surface area contributed by atoms with Crippen LogP contribution in [0.25, 0.3) is 5.65 Å². The Kier molecular flexibility index (Phi) is 3.51. The molecule has 0 radical (unpaired) electrons. The maximum absolute atomic E-state index is 4.54. The van der Waals surface area contributed by atoms with Crippen LogP contribution in [0.15, 0.2) is 24.5 Å². The Morgan fingerprint density at radius 1 is 1.44 bits per heavy atom. The molecule has 0 aromatic carbocycles. The summed E-state index contributed by atoms with van der Waals surface area (Å²) in [4.78, 5) is 4.54. The van der Waals surface area contributed by atoms with Gasteiger partial charge < -0.3 is 5.32 Å². The lowest BCUT2D eigenvalue weighted by atomic mass is 10.2. The standard InChI is InChI=1S/C12H18N4/c1-3-6-13-10(2)9-11-5-8-16-12(15-11)4-7-14-16/h4-5,7-8,10,13H,3,6,9H2,1-2H3. The van der Waals surface area contributed by atoms with Gasteiger partial charge in [0.1, 0.15) is 0 Å². The second-order valence-corrected chi connectivity index (χ2v) is 4.11. The highest BCUT2D eigenvalue weighted by molar-refractivity contribution is 5.36. The second-order valence-electron chi connectivity index (χ2n) is 4.11. The van der Waals surface area contributed by atoms with Gasteiger partial charge in [-0.3, -0.25) is 0 Å². The van der Waals surface area contributed by atoms with Crippen molar-refractivity contribution >= 4 is 5.65 Å².